The van der Waals surface area contributed by atoms with E-state index in [9.17, 15) is 9.18 Å². The van der Waals surface area contributed by atoms with E-state index >= 15 is 0 Å². The molecule has 0 aliphatic rings. The summed E-state index contributed by atoms with van der Waals surface area (Å²) in [7, 11) is 0. The van der Waals surface area contributed by atoms with Crippen molar-refractivity contribution in [3.8, 4) is 0 Å². The van der Waals surface area contributed by atoms with Crippen LogP contribution in [0.5, 0.6) is 0 Å². The molecule has 1 N–H and O–H groups in total. The Balaban J connectivity index is 2.46. The van der Waals surface area contributed by atoms with Crippen molar-refractivity contribution >= 4 is 5.97 Å². The first-order valence-electron chi connectivity index (χ1n) is 5.52. The number of halogens is 1. The van der Waals surface area contributed by atoms with Gasteiger partial charge in [0.15, 0.2) is 0 Å². The third-order valence-corrected chi connectivity index (χ3v) is 2.30. The number of carbonyl (C=O) groups is 1. The van der Waals surface area contributed by atoms with E-state index in [0.717, 1.165) is 5.56 Å². The topological polar surface area (TPSA) is 38.3 Å². The second-order valence-electron chi connectivity index (χ2n) is 4.65. The van der Waals surface area contributed by atoms with Crippen LogP contribution >= 0.6 is 0 Å². The van der Waals surface area contributed by atoms with Gasteiger partial charge in [-0.3, -0.25) is 4.79 Å². The second kappa shape index (κ2) is 5.77. The number of hydrogen-bond acceptors (Lipinski definition) is 3. The van der Waals surface area contributed by atoms with Crippen molar-refractivity contribution in [3.05, 3.63) is 35.6 Å². The third-order valence-electron chi connectivity index (χ3n) is 2.30. The van der Waals surface area contributed by atoms with E-state index in [1.165, 1.54) is 19.1 Å². The van der Waals surface area contributed by atoms with Crippen LogP contribution < -0.4 is 5.32 Å². The largest absolute Gasteiger partial charge is 0.464 e. The molecular formula is C13H18FNO2. The van der Waals surface area contributed by atoms with Gasteiger partial charge in [0, 0.05) is 19.0 Å². The van der Waals surface area contributed by atoms with Crippen molar-refractivity contribution in [2.24, 2.45) is 0 Å². The van der Waals surface area contributed by atoms with Crippen molar-refractivity contribution in [2.45, 2.75) is 32.9 Å². The predicted octanol–water partition coefficient (Wildman–Crippen LogP) is 2.26. The molecular weight excluding hydrogens is 221 g/mol. The van der Waals surface area contributed by atoms with E-state index in [1.54, 1.807) is 6.07 Å². The van der Waals surface area contributed by atoms with Crippen LogP contribution in [0.4, 0.5) is 4.39 Å². The lowest BCUT2D eigenvalue weighted by Crippen LogP contribution is -2.43. The molecule has 0 aliphatic heterocycles. The Morgan fingerprint density at radius 1 is 1.47 bits per heavy atom. The minimum Gasteiger partial charge on any atom is -0.464 e. The lowest BCUT2D eigenvalue weighted by Gasteiger charge is -2.25. The zero-order valence-corrected chi connectivity index (χ0v) is 10.4. The first-order valence-corrected chi connectivity index (χ1v) is 5.52. The van der Waals surface area contributed by atoms with Gasteiger partial charge in [0.1, 0.15) is 12.4 Å². The molecule has 0 heterocycles. The number of benzene rings is 1. The molecule has 0 spiro atoms. The molecule has 17 heavy (non-hydrogen) atoms. The lowest BCUT2D eigenvalue weighted by molar-refractivity contribution is -0.142. The lowest BCUT2D eigenvalue weighted by atomic mass is 10.1. The van der Waals surface area contributed by atoms with Crippen molar-refractivity contribution in [2.75, 3.05) is 6.61 Å². The normalized spacial score (nSPS) is 11.3. The highest BCUT2D eigenvalue weighted by molar-refractivity contribution is 5.65. The van der Waals surface area contributed by atoms with E-state index in [4.69, 9.17) is 4.74 Å². The molecule has 1 aromatic rings. The summed E-state index contributed by atoms with van der Waals surface area (Å²) in [6.07, 6.45) is 0. The smallest absolute Gasteiger partial charge is 0.302 e. The van der Waals surface area contributed by atoms with E-state index in [0.29, 0.717) is 6.54 Å². The van der Waals surface area contributed by atoms with Crippen LogP contribution in [0.25, 0.3) is 0 Å². The summed E-state index contributed by atoms with van der Waals surface area (Å²) >= 11 is 0. The maximum atomic E-state index is 12.9. The molecule has 0 saturated heterocycles. The van der Waals surface area contributed by atoms with Crippen LogP contribution in [0.2, 0.25) is 0 Å². The third kappa shape index (κ3) is 5.45. The Bertz CT molecular complexity index is 391. The van der Waals surface area contributed by atoms with Crippen LogP contribution in [0, 0.1) is 5.82 Å². The van der Waals surface area contributed by atoms with Gasteiger partial charge in [0.05, 0.1) is 0 Å². The van der Waals surface area contributed by atoms with Crippen molar-refractivity contribution in [1.82, 2.24) is 5.32 Å². The maximum Gasteiger partial charge on any atom is 0.302 e. The molecule has 1 aromatic carbocycles. The van der Waals surface area contributed by atoms with Gasteiger partial charge in [0.2, 0.25) is 0 Å². The van der Waals surface area contributed by atoms with Gasteiger partial charge in [-0.15, -0.1) is 0 Å². The molecule has 0 amide bonds. The molecule has 4 heteroatoms. The van der Waals surface area contributed by atoms with E-state index in [-0.39, 0.29) is 23.9 Å². The zero-order chi connectivity index (χ0) is 12.9. The fourth-order valence-electron chi connectivity index (χ4n) is 1.32. The Kier molecular flexibility index (Phi) is 4.63. The molecule has 3 nitrogen and oxygen atoms in total. The van der Waals surface area contributed by atoms with Gasteiger partial charge >= 0.3 is 5.97 Å². The molecule has 94 valence electrons. The number of ether oxygens (including phenoxy) is 1. The van der Waals surface area contributed by atoms with E-state index in [1.807, 2.05) is 19.9 Å². The SMILES string of the molecule is CC(=O)OCC(C)(C)NCc1cccc(F)c1. The molecule has 0 fully saturated rings. The van der Waals surface area contributed by atoms with Crippen molar-refractivity contribution in [3.63, 3.8) is 0 Å². The highest BCUT2D eigenvalue weighted by atomic mass is 19.1. The average molecular weight is 239 g/mol. The number of esters is 1. The fourth-order valence-corrected chi connectivity index (χ4v) is 1.32. The zero-order valence-electron chi connectivity index (χ0n) is 10.4. The highest BCUT2D eigenvalue weighted by Crippen LogP contribution is 2.08. The quantitative estimate of drug-likeness (QED) is 0.801. The van der Waals surface area contributed by atoms with Gasteiger partial charge in [-0.1, -0.05) is 12.1 Å². The monoisotopic (exact) mass is 239 g/mol. The number of nitrogens with one attached hydrogen (secondary N) is 1. The van der Waals surface area contributed by atoms with E-state index in [2.05, 4.69) is 5.32 Å². The molecule has 0 bridgehead atoms. The Labute approximate surface area is 101 Å². The Morgan fingerprint density at radius 3 is 2.76 bits per heavy atom. The summed E-state index contributed by atoms with van der Waals surface area (Å²) in [4.78, 5) is 10.7. The number of carbonyl (C=O) groups excluding carboxylic acids is 1. The van der Waals surface area contributed by atoms with E-state index < -0.39 is 0 Å². The predicted molar refractivity (Wildman–Crippen MR) is 64.0 cm³/mol. The number of hydrogen-bond donors (Lipinski definition) is 1. The molecule has 0 radical (unpaired) electrons. The minimum absolute atomic E-state index is 0.248. The van der Waals surface area contributed by atoms with Crippen LogP contribution in [0.1, 0.15) is 26.3 Å². The van der Waals surface area contributed by atoms with Gasteiger partial charge in [-0.2, -0.15) is 0 Å². The second-order valence-corrected chi connectivity index (χ2v) is 4.65. The summed E-state index contributed by atoms with van der Waals surface area (Å²) in [6.45, 7) is 6.05. The Morgan fingerprint density at radius 2 is 2.18 bits per heavy atom. The summed E-state index contributed by atoms with van der Waals surface area (Å²) in [6, 6.07) is 6.41. The molecule has 1 rings (SSSR count). The molecule has 0 unspecified atom stereocenters. The van der Waals surface area contributed by atoms with Crippen molar-refractivity contribution < 1.29 is 13.9 Å². The van der Waals surface area contributed by atoms with Crippen LogP contribution in [0.15, 0.2) is 24.3 Å². The first kappa shape index (κ1) is 13.6. The van der Waals surface area contributed by atoms with Crippen LogP contribution in [0.3, 0.4) is 0 Å². The van der Waals surface area contributed by atoms with Crippen molar-refractivity contribution in [1.29, 1.82) is 0 Å². The van der Waals surface area contributed by atoms with Crippen LogP contribution in [-0.2, 0) is 16.1 Å². The average Bonchev–Trinajstić information content (AvgIpc) is 2.24. The Hall–Kier alpha value is -1.42. The summed E-state index contributed by atoms with van der Waals surface area (Å²) in [5.74, 6) is -0.548. The molecule has 0 aromatic heterocycles. The van der Waals surface area contributed by atoms with Gasteiger partial charge in [-0.05, 0) is 31.5 Å². The highest BCUT2D eigenvalue weighted by Gasteiger charge is 2.18. The van der Waals surface area contributed by atoms with Gasteiger partial charge < -0.3 is 10.1 Å². The summed E-state index contributed by atoms with van der Waals surface area (Å²) in [5.41, 5.74) is 0.527. The molecule has 0 aliphatic carbocycles. The number of rotatable bonds is 5. The van der Waals surface area contributed by atoms with Gasteiger partial charge in [-0.25, -0.2) is 4.39 Å². The summed E-state index contributed by atoms with van der Waals surface area (Å²) in [5, 5.41) is 3.21. The molecule has 0 saturated carbocycles. The minimum atomic E-state index is -0.335. The maximum absolute atomic E-state index is 12.9. The van der Waals surface area contributed by atoms with Crippen LogP contribution in [-0.4, -0.2) is 18.1 Å². The fraction of sp³-hybridized carbons (Fsp3) is 0.462. The summed E-state index contributed by atoms with van der Waals surface area (Å²) < 4.78 is 17.9. The standard InChI is InChI=1S/C13H18FNO2/c1-10(16)17-9-13(2,3)15-8-11-5-4-6-12(14)7-11/h4-7,15H,8-9H2,1-3H3. The molecule has 0 atom stereocenters. The first-order chi connectivity index (χ1) is 7.89. The van der Waals surface area contributed by atoms with Gasteiger partial charge in [0.25, 0.3) is 0 Å².